The van der Waals surface area contributed by atoms with E-state index in [4.69, 9.17) is 17.0 Å². The van der Waals surface area contributed by atoms with Crippen LogP contribution >= 0.6 is 24.0 Å². The highest BCUT2D eigenvalue weighted by Gasteiger charge is 2.33. The van der Waals surface area contributed by atoms with Crippen LogP contribution in [0.3, 0.4) is 0 Å². The van der Waals surface area contributed by atoms with E-state index in [9.17, 15) is 9.59 Å². The number of amides is 2. The molecule has 5 nitrogen and oxygen atoms in total. The van der Waals surface area contributed by atoms with Crippen LogP contribution in [-0.4, -0.2) is 34.7 Å². The van der Waals surface area contributed by atoms with Crippen LogP contribution in [-0.2, 0) is 9.59 Å². The van der Waals surface area contributed by atoms with Crippen molar-refractivity contribution in [2.45, 2.75) is 0 Å². The predicted octanol–water partition coefficient (Wildman–Crippen LogP) is 4.09. The largest absolute Gasteiger partial charge is 0.497 e. The second kappa shape index (κ2) is 9.34. The number of nitrogens with zero attached hydrogens (tertiary/aromatic N) is 1. The third-order valence-electron chi connectivity index (χ3n) is 3.86. The molecule has 1 heterocycles. The van der Waals surface area contributed by atoms with Gasteiger partial charge in [-0.15, -0.1) is 0 Å². The molecule has 1 fully saturated rings. The second-order valence-corrected chi connectivity index (χ2v) is 7.52. The quantitative estimate of drug-likeness (QED) is 0.574. The number of nitrogens with one attached hydrogen (secondary N) is 1. The minimum Gasteiger partial charge on any atom is -0.497 e. The first-order valence-electron chi connectivity index (χ1n) is 8.48. The van der Waals surface area contributed by atoms with Crippen molar-refractivity contribution >= 4 is 51.9 Å². The number of rotatable bonds is 6. The molecule has 142 valence electrons. The van der Waals surface area contributed by atoms with Crippen LogP contribution in [0.4, 0.5) is 5.69 Å². The van der Waals surface area contributed by atoms with E-state index < -0.39 is 0 Å². The number of hydrogen-bond donors (Lipinski definition) is 1. The number of benzene rings is 2. The van der Waals surface area contributed by atoms with Gasteiger partial charge in [0.25, 0.3) is 5.91 Å². The van der Waals surface area contributed by atoms with E-state index in [1.54, 1.807) is 43.5 Å². The van der Waals surface area contributed by atoms with Crippen molar-refractivity contribution in [3.05, 3.63) is 77.2 Å². The Labute approximate surface area is 173 Å². The van der Waals surface area contributed by atoms with Crippen molar-refractivity contribution in [1.82, 2.24) is 4.90 Å². The first-order valence-corrected chi connectivity index (χ1v) is 9.70. The summed E-state index contributed by atoms with van der Waals surface area (Å²) in [6.07, 6.45) is 5.42. The standard InChI is InChI=1S/C21H18N2O3S2/c1-26-17-11-6-10-16(13-17)22-19(24)14-23-20(25)18(28-21(23)27)12-5-9-15-7-3-2-4-8-15/h2-13H,14H2,1H3,(H,22,24). The maximum Gasteiger partial charge on any atom is 0.266 e. The highest BCUT2D eigenvalue weighted by molar-refractivity contribution is 8.26. The van der Waals surface area contributed by atoms with E-state index in [1.807, 2.05) is 36.4 Å². The van der Waals surface area contributed by atoms with Crippen molar-refractivity contribution in [2.24, 2.45) is 0 Å². The first kappa shape index (κ1) is 19.9. The third-order valence-corrected chi connectivity index (χ3v) is 5.26. The lowest BCUT2D eigenvalue weighted by molar-refractivity contribution is -0.126. The summed E-state index contributed by atoms with van der Waals surface area (Å²) in [6, 6.07) is 16.8. The molecule has 0 aromatic heterocycles. The molecule has 0 aliphatic carbocycles. The molecule has 0 radical (unpaired) electrons. The molecule has 1 aliphatic heterocycles. The molecule has 2 aromatic carbocycles. The monoisotopic (exact) mass is 410 g/mol. The van der Waals surface area contributed by atoms with Crippen LogP contribution in [0.5, 0.6) is 5.75 Å². The van der Waals surface area contributed by atoms with Crippen molar-refractivity contribution in [3.63, 3.8) is 0 Å². The van der Waals surface area contributed by atoms with E-state index in [2.05, 4.69) is 5.32 Å². The molecule has 0 unspecified atom stereocenters. The summed E-state index contributed by atoms with van der Waals surface area (Å²) in [5, 5.41) is 2.75. The van der Waals surface area contributed by atoms with Crippen molar-refractivity contribution < 1.29 is 14.3 Å². The summed E-state index contributed by atoms with van der Waals surface area (Å²) >= 11 is 6.45. The number of thioether (sulfide) groups is 1. The fourth-order valence-electron chi connectivity index (χ4n) is 2.51. The number of carbonyl (C=O) groups is 2. The molecule has 0 spiro atoms. The van der Waals surface area contributed by atoms with Crippen LogP contribution in [0.25, 0.3) is 6.08 Å². The topological polar surface area (TPSA) is 58.6 Å². The normalized spacial score (nSPS) is 15.5. The summed E-state index contributed by atoms with van der Waals surface area (Å²) in [4.78, 5) is 26.7. The van der Waals surface area contributed by atoms with Crippen LogP contribution in [0.1, 0.15) is 5.56 Å². The molecule has 7 heteroatoms. The van der Waals surface area contributed by atoms with Crippen LogP contribution in [0.2, 0.25) is 0 Å². The number of hydrogen-bond acceptors (Lipinski definition) is 5. The van der Waals surface area contributed by atoms with Gasteiger partial charge in [-0.2, -0.15) is 0 Å². The van der Waals surface area contributed by atoms with Crippen LogP contribution in [0, 0.1) is 0 Å². The van der Waals surface area contributed by atoms with Gasteiger partial charge >= 0.3 is 0 Å². The van der Waals surface area contributed by atoms with Gasteiger partial charge in [-0.25, -0.2) is 0 Å². The molecule has 0 saturated carbocycles. The molecule has 2 aromatic rings. The van der Waals surface area contributed by atoms with Crippen LogP contribution in [0.15, 0.2) is 71.7 Å². The van der Waals surface area contributed by atoms with Gasteiger partial charge in [0.15, 0.2) is 0 Å². The molecule has 1 aliphatic rings. The lowest BCUT2D eigenvalue weighted by Gasteiger charge is -2.14. The lowest BCUT2D eigenvalue weighted by atomic mass is 10.2. The summed E-state index contributed by atoms with van der Waals surface area (Å²) in [5.41, 5.74) is 1.63. The molecule has 1 saturated heterocycles. The average molecular weight is 411 g/mol. The second-order valence-electron chi connectivity index (χ2n) is 5.84. The van der Waals surface area contributed by atoms with Crippen molar-refractivity contribution in [3.8, 4) is 5.75 Å². The van der Waals surface area contributed by atoms with Gasteiger partial charge in [0, 0.05) is 11.8 Å². The molecule has 3 rings (SSSR count). The Morgan fingerprint density at radius 1 is 1.21 bits per heavy atom. The number of allylic oxidation sites excluding steroid dienone is 2. The van der Waals surface area contributed by atoms with Gasteiger partial charge < -0.3 is 10.1 Å². The van der Waals surface area contributed by atoms with Gasteiger partial charge in [0.2, 0.25) is 5.91 Å². The van der Waals surface area contributed by atoms with E-state index in [0.717, 1.165) is 5.56 Å². The maximum absolute atomic E-state index is 12.6. The van der Waals surface area contributed by atoms with Crippen molar-refractivity contribution in [2.75, 3.05) is 19.0 Å². The average Bonchev–Trinajstić information content (AvgIpc) is 2.96. The van der Waals surface area contributed by atoms with E-state index in [0.29, 0.717) is 20.7 Å². The SMILES string of the molecule is COc1cccc(NC(=O)CN2C(=O)C(=CC=Cc3ccccc3)SC2=S)c1. The zero-order valence-corrected chi connectivity index (χ0v) is 16.8. The molecule has 0 atom stereocenters. The van der Waals surface area contributed by atoms with E-state index in [1.165, 1.54) is 16.7 Å². The minimum atomic E-state index is -0.328. The Morgan fingerprint density at radius 2 is 2.00 bits per heavy atom. The Morgan fingerprint density at radius 3 is 2.75 bits per heavy atom. The zero-order valence-electron chi connectivity index (χ0n) is 15.1. The summed E-state index contributed by atoms with van der Waals surface area (Å²) in [6.45, 7) is -0.137. The predicted molar refractivity (Wildman–Crippen MR) is 117 cm³/mol. The third kappa shape index (κ3) is 5.09. The van der Waals surface area contributed by atoms with E-state index in [-0.39, 0.29) is 18.4 Å². The number of methoxy groups -OCH3 is 1. The Hall–Kier alpha value is -2.90. The number of carbonyl (C=O) groups excluding carboxylic acids is 2. The molecular weight excluding hydrogens is 392 g/mol. The van der Waals surface area contributed by atoms with Crippen LogP contribution < -0.4 is 10.1 Å². The van der Waals surface area contributed by atoms with Gasteiger partial charge in [-0.05, 0) is 23.8 Å². The number of thiocarbonyl (C=S) groups is 1. The summed E-state index contributed by atoms with van der Waals surface area (Å²) < 4.78 is 5.50. The molecular formula is C21H18N2O3S2. The van der Waals surface area contributed by atoms with Gasteiger partial charge in [-0.1, -0.05) is 72.5 Å². The van der Waals surface area contributed by atoms with Gasteiger partial charge in [0.05, 0.1) is 12.0 Å². The highest BCUT2D eigenvalue weighted by atomic mass is 32.2. The fourth-order valence-corrected chi connectivity index (χ4v) is 3.71. The number of ether oxygens (including phenoxy) is 1. The van der Waals surface area contributed by atoms with E-state index >= 15 is 0 Å². The fraction of sp³-hybridized carbons (Fsp3) is 0.0952. The zero-order chi connectivity index (χ0) is 19.9. The molecule has 1 N–H and O–H groups in total. The molecule has 28 heavy (non-hydrogen) atoms. The lowest BCUT2D eigenvalue weighted by Crippen LogP contribution is -2.36. The number of anilines is 1. The summed E-state index contributed by atoms with van der Waals surface area (Å²) in [5.74, 6) is 0.0377. The maximum atomic E-state index is 12.6. The Balaban J connectivity index is 1.62. The molecule has 2 amide bonds. The molecule has 0 bridgehead atoms. The van der Waals surface area contributed by atoms with Gasteiger partial charge in [-0.3, -0.25) is 14.5 Å². The van der Waals surface area contributed by atoms with Crippen molar-refractivity contribution in [1.29, 1.82) is 0 Å². The summed E-state index contributed by atoms with van der Waals surface area (Å²) in [7, 11) is 1.56. The first-order chi connectivity index (χ1) is 13.6. The highest BCUT2D eigenvalue weighted by Crippen LogP contribution is 2.31. The Kier molecular flexibility index (Phi) is 6.62. The Bertz CT molecular complexity index is 955. The smallest absolute Gasteiger partial charge is 0.266 e. The van der Waals surface area contributed by atoms with Gasteiger partial charge in [0.1, 0.15) is 16.6 Å². The minimum absolute atomic E-state index is 0.137.